The number of carbonyl (C=O) groups excluding carboxylic acids is 1. The van der Waals surface area contributed by atoms with Crippen LogP contribution in [0.5, 0.6) is 0 Å². The van der Waals surface area contributed by atoms with Crippen LogP contribution in [0.3, 0.4) is 0 Å². The van der Waals surface area contributed by atoms with E-state index in [1.54, 1.807) is 19.2 Å². The van der Waals surface area contributed by atoms with E-state index in [1.807, 2.05) is 25.1 Å². The van der Waals surface area contributed by atoms with Crippen LogP contribution in [0.2, 0.25) is 0 Å². The first-order chi connectivity index (χ1) is 10.2. The number of hydrogen-bond acceptors (Lipinski definition) is 4. The largest absolute Gasteiger partial charge is 0.437 e. The van der Waals surface area contributed by atoms with Crippen LogP contribution < -0.4 is 5.32 Å². The monoisotopic (exact) mass is 290 g/mol. The number of hydrogen-bond donors (Lipinski definition) is 1. The van der Waals surface area contributed by atoms with Crippen LogP contribution in [0.4, 0.5) is 10.5 Å². The highest BCUT2D eigenvalue weighted by molar-refractivity contribution is 5.91. The van der Waals surface area contributed by atoms with Gasteiger partial charge in [0, 0.05) is 12.8 Å². The molecule has 0 heterocycles. The maximum absolute atomic E-state index is 11.7. The number of benzene rings is 1. The van der Waals surface area contributed by atoms with Gasteiger partial charge in [0.15, 0.2) is 0 Å². The normalized spacial score (nSPS) is 18.1. The number of oxime groups is 1. The molecule has 0 aliphatic heterocycles. The molecule has 0 saturated heterocycles. The maximum Gasteiger partial charge on any atom is 0.437 e. The molecule has 1 aliphatic carbocycles. The van der Waals surface area contributed by atoms with Crippen LogP contribution in [0.25, 0.3) is 0 Å². The summed E-state index contributed by atoms with van der Waals surface area (Å²) in [4.78, 5) is 16.7. The molecule has 5 nitrogen and oxygen atoms in total. The van der Waals surface area contributed by atoms with Gasteiger partial charge >= 0.3 is 6.09 Å². The number of amides is 1. The Balaban J connectivity index is 1.94. The molecule has 0 unspecified atom stereocenters. The average molecular weight is 290 g/mol. The molecular formula is C16H22N2O3. The lowest BCUT2D eigenvalue weighted by Gasteiger charge is -2.35. The maximum atomic E-state index is 11.7. The number of carbonyl (C=O) groups is 1. The van der Waals surface area contributed by atoms with Crippen LogP contribution in [-0.2, 0) is 9.57 Å². The highest BCUT2D eigenvalue weighted by Crippen LogP contribution is 2.32. The average Bonchev–Trinajstić information content (AvgIpc) is 2.54. The molecule has 0 spiro atoms. The first-order valence-electron chi connectivity index (χ1n) is 7.29. The zero-order valence-electron chi connectivity index (χ0n) is 12.6. The number of para-hydroxylation sites is 1. The fourth-order valence-corrected chi connectivity index (χ4v) is 2.69. The van der Waals surface area contributed by atoms with Crippen LogP contribution in [0, 0.1) is 0 Å². The van der Waals surface area contributed by atoms with E-state index in [-0.39, 0.29) is 5.60 Å². The van der Waals surface area contributed by atoms with Crippen LogP contribution in [0.1, 0.15) is 39.0 Å². The number of methoxy groups -OCH3 is 1. The third-order valence-corrected chi connectivity index (χ3v) is 4.00. The Labute approximate surface area is 125 Å². The molecule has 0 bridgehead atoms. The van der Waals surface area contributed by atoms with Crippen LogP contribution in [-0.4, -0.2) is 24.5 Å². The highest BCUT2D eigenvalue weighted by Gasteiger charge is 2.35. The molecule has 2 rings (SSSR count). The molecule has 1 saturated carbocycles. The Morgan fingerprint density at radius 2 is 1.86 bits per heavy atom. The van der Waals surface area contributed by atoms with Crippen molar-refractivity contribution >= 4 is 17.5 Å². The Kier molecular flexibility index (Phi) is 5.33. The molecule has 21 heavy (non-hydrogen) atoms. The van der Waals surface area contributed by atoms with Gasteiger partial charge in [-0.3, -0.25) is 10.2 Å². The minimum Gasteiger partial charge on any atom is -0.372 e. The first-order valence-corrected chi connectivity index (χ1v) is 7.29. The van der Waals surface area contributed by atoms with Crippen molar-refractivity contribution in [3.8, 4) is 0 Å². The van der Waals surface area contributed by atoms with E-state index in [0.717, 1.165) is 25.7 Å². The van der Waals surface area contributed by atoms with E-state index in [9.17, 15) is 4.79 Å². The number of nitrogens with one attached hydrogen (secondary N) is 1. The number of rotatable bonds is 4. The Morgan fingerprint density at radius 1 is 1.19 bits per heavy atom. The van der Waals surface area contributed by atoms with E-state index >= 15 is 0 Å². The SMILES string of the molecule is COC1(/C(C)=N\OC(=O)Nc2ccccc2)CCCCC1. The summed E-state index contributed by atoms with van der Waals surface area (Å²) in [6.07, 6.45) is 4.68. The van der Waals surface area contributed by atoms with Gasteiger partial charge in [-0.1, -0.05) is 42.6 Å². The minimum absolute atomic E-state index is 0.384. The van der Waals surface area contributed by atoms with Crippen molar-refractivity contribution in [2.45, 2.75) is 44.6 Å². The van der Waals surface area contributed by atoms with E-state index < -0.39 is 6.09 Å². The van der Waals surface area contributed by atoms with Crippen LogP contribution >= 0.6 is 0 Å². The lowest BCUT2D eigenvalue weighted by atomic mass is 9.81. The minimum atomic E-state index is -0.595. The third kappa shape index (κ3) is 4.04. The fourth-order valence-electron chi connectivity index (χ4n) is 2.69. The third-order valence-electron chi connectivity index (χ3n) is 4.00. The van der Waals surface area contributed by atoms with Gasteiger partial charge in [0.1, 0.15) is 5.60 Å². The second-order valence-electron chi connectivity index (χ2n) is 5.31. The Hall–Kier alpha value is -1.88. The van der Waals surface area contributed by atoms with E-state index in [1.165, 1.54) is 6.42 Å². The predicted octanol–water partition coefficient (Wildman–Crippen LogP) is 3.96. The fraction of sp³-hybridized carbons (Fsp3) is 0.500. The molecule has 5 heteroatoms. The van der Waals surface area contributed by atoms with E-state index in [2.05, 4.69) is 10.5 Å². The van der Waals surface area contributed by atoms with E-state index in [4.69, 9.17) is 9.57 Å². The van der Waals surface area contributed by atoms with Crippen molar-refractivity contribution < 1.29 is 14.4 Å². The summed E-state index contributed by atoms with van der Waals surface area (Å²) >= 11 is 0. The zero-order valence-corrected chi connectivity index (χ0v) is 12.6. The zero-order chi connectivity index (χ0) is 15.1. The molecule has 0 radical (unpaired) electrons. The number of nitrogens with zero attached hydrogens (tertiary/aromatic N) is 1. The van der Waals surface area contributed by atoms with Gasteiger partial charge in [-0.05, 0) is 31.9 Å². The lowest BCUT2D eigenvalue weighted by molar-refractivity contribution is 0.0160. The molecule has 0 aromatic heterocycles. The van der Waals surface area contributed by atoms with Gasteiger partial charge in [0.25, 0.3) is 0 Å². The molecule has 0 atom stereocenters. The molecule has 1 fully saturated rings. The summed E-state index contributed by atoms with van der Waals surface area (Å²) in [6.45, 7) is 1.85. The summed E-state index contributed by atoms with van der Waals surface area (Å²) in [5.41, 5.74) is 1.01. The standard InChI is InChI=1S/C16H22N2O3/c1-13(16(20-2)11-7-4-8-12-16)18-21-15(19)17-14-9-5-3-6-10-14/h3,5-6,9-10H,4,7-8,11-12H2,1-2H3,(H,17,19)/b18-13-. The molecule has 114 valence electrons. The van der Waals surface area contributed by atoms with Crippen molar-refractivity contribution in [3.63, 3.8) is 0 Å². The Bertz CT molecular complexity index is 494. The molecule has 1 aromatic carbocycles. The van der Waals surface area contributed by atoms with Crippen molar-refractivity contribution in [2.75, 3.05) is 12.4 Å². The summed E-state index contributed by atoms with van der Waals surface area (Å²) in [5.74, 6) is 0. The van der Waals surface area contributed by atoms with Gasteiger partial charge in [0.05, 0.1) is 5.71 Å². The van der Waals surface area contributed by atoms with Gasteiger partial charge in [-0.15, -0.1) is 0 Å². The molecule has 1 amide bonds. The van der Waals surface area contributed by atoms with Crippen molar-refractivity contribution in [3.05, 3.63) is 30.3 Å². The van der Waals surface area contributed by atoms with Gasteiger partial charge < -0.3 is 4.74 Å². The van der Waals surface area contributed by atoms with Gasteiger partial charge in [-0.25, -0.2) is 4.79 Å². The summed E-state index contributed by atoms with van der Waals surface area (Å²) < 4.78 is 5.65. The second kappa shape index (κ2) is 7.22. The lowest BCUT2D eigenvalue weighted by Crippen LogP contribution is -2.41. The molecular weight excluding hydrogens is 268 g/mol. The van der Waals surface area contributed by atoms with Gasteiger partial charge in [-0.2, -0.15) is 0 Å². The second-order valence-corrected chi connectivity index (χ2v) is 5.31. The quantitative estimate of drug-likeness (QED) is 0.518. The van der Waals surface area contributed by atoms with Gasteiger partial charge in [0.2, 0.25) is 0 Å². The van der Waals surface area contributed by atoms with Crippen molar-refractivity contribution in [2.24, 2.45) is 5.16 Å². The van der Waals surface area contributed by atoms with Crippen molar-refractivity contribution in [1.82, 2.24) is 0 Å². The smallest absolute Gasteiger partial charge is 0.372 e. The summed E-state index contributed by atoms with van der Waals surface area (Å²) in [7, 11) is 1.69. The van der Waals surface area contributed by atoms with E-state index in [0.29, 0.717) is 11.4 Å². The van der Waals surface area contributed by atoms with Crippen molar-refractivity contribution in [1.29, 1.82) is 0 Å². The predicted molar refractivity (Wildman–Crippen MR) is 82.5 cm³/mol. The topological polar surface area (TPSA) is 59.9 Å². The molecule has 1 N–H and O–H groups in total. The summed E-state index contributed by atoms with van der Waals surface area (Å²) in [5, 5.41) is 6.59. The highest BCUT2D eigenvalue weighted by atomic mass is 16.7. The number of ether oxygens (including phenoxy) is 1. The molecule has 1 aromatic rings. The van der Waals surface area contributed by atoms with Crippen LogP contribution in [0.15, 0.2) is 35.5 Å². The summed E-state index contributed by atoms with van der Waals surface area (Å²) in [6, 6.07) is 9.13. The Morgan fingerprint density at radius 3 is 2.48 bits per heavy atom. The number of anilines is 1. The molecule has 1 aliphatic rings. The first kappa shape index (κ1) is 15.5.